The van der Waals surface area contributed by atoms with Gasteiger partial charge in [-0.1, -0.05) is 36.4 Å². The quantitative estimate of drug-likeness (QED) is 0.604. The molecule has 1 aliphatic rings. The number of carbonyl (C=O) groups excluding carboxylic acids is 1. The number of nitrogen functional groups attached to an aromatic ring is 1. The third-order valence-electron chi connectivity index (χ3n) is 4.76. The number of thioether (sulfide) groups is 1. The normalized spacial score (nSPS) is 17.1. The fraction of sp³-hybridized carbons (Fsp3) is 0.526. The van der Waals surface area contributed by atoms with Gasteiger partial charge in [-0.2, -0.15) is 0 Å². The van der Waals surface area contributed by atoms with E-state index in [1.807, 2.05) is 30.9 Å². The van der Waals surface area contributed by atoms with Crippen molar-refractivity contribution in [3.63, 3.8) is 0 Å². The molecule has 0 bridgehead atoms. The molecule has 1 aliphatic heterocycles. The number of aromatic nitrogens is 3. The lowest BCUT2D eigenvalue weighted by atomic mass is 10.0. The van der Waals surface area contributed by atoms with Crippen LogP contribution in [0.2, 0.25) is 0 Å². The Hall–Kier alpha value is -2.22. The highest BCUT2D eigenvalue weighted by Gasteiger charge is 2.22. The van der Waals surface area contributed by atoms with E-state index in [-0.39, 0.29) is 12.5 Å². The molecular weight excluding hydrogens is 362 g/mol. The summed E-state index contributed by atoms with van der Waals surface area (Å²) >= 11 is 1.32. The zero-order chi connectivity index (χ0) is 19.4. The molecule has 1 saturated heterocycles. The van der Waals surface area contributed by atoms with Crippen LogP contribution in [0.25, 0.3) is 0 Å². The van der Waals surface area contributed by atoms with Gasteiger partial charge in [0.1, 0.15) is 12.4 Å². The van der Waals surface area contributed by atoms with Crippen molar-refractivity contribution in [1.82, 2.24) is 19.8 Å². The molecular formula is C19H27N5O2S. The minimum Gasteiger partial charge on any atom is -0.485 e. The number of nitrogens with two attached hydrogens (primary N) is 1. The number of aryl methyl sites for hydroxylation is 2. The van der Waals surface area contributed by atoms with Crippen LogP contribution in [-0.2, 0) is 11.4 Å². The number of ether oxygens (including phenoxy) is 1. The highest BCUT2D eigenvalue weighted by atomic mass is 32.2. The Morgan fingerprint density at radius 1 is 1.37 bits per heavy atom. The van der Waals surface area contributed by atoms with E-state index >= 15 is 0 Å². The molecule has 27 heavy (non-hydrogen) atoms. The molecule has 2 aromatic rings. The first kappa shape index (κ1) is 19.5. The van der Waals surface area contributed by atoms with Gasteiger partial charge in [-0.25, -0.2) is 4.68 Å². The summed E-state index contributed by atoms with van der Waals surface area (Å²) < 4.78 is 7.22. The third-order valence-corrected chi connectivity index (χ3v) is 5.68. The number of hydrogen-bond acceptors (Lipinski definition) is 6. The molecule has 7 nitrogen and oxygen atoms in total. The van der Waals surface area contributed by atoms with E-state index in [1.165, 1.54) is 28.4 Å². The summed E-state index contributed by atoms with van der Waals surface area (Å²) in [6, 6.07) is 6.01. The van der Waals surface area contributed by atoms with E-state index in [2.05, 4.69) is 23.2 Å². The third kappa shape index (κ3) is 4.94. The SMILES string of the molecule is Cc1ccc(OCc2nnc(SCC(=O)N3CCC[C@@H](C)C3)n2N)c(C)c1. The van der Waals surface area contributed by atoms with Crippen LogP contribution in [0.15, 0.2) is 23.4 Å². The zero-order valence-electron chi connectivity index (χ0n) is 16.1. The number of nitrogens with zero attached hydrogens (tertiary/aromatic N) is 4. The second-order valence-electron chi connectivity index (χ2n) is 7.20. The molecule has 146 valence electrons. The lowest BCUT2D eigenvalue weighted by molar-refractivity contribution is -0.130. The standard InChI is InChI=1S/C19H27N5O2S/c1-13-6-7-16(15(3)9-13)26-11-17-21-22-19(24(17)20)27-12-18(25)23-8-4-5-14(2)10-23/h6-7,9,14H,4-5,8,10-12,20H2,1-3H3/t14-/m1/s1. The Morgan fingerprint density at radius 3 is 2.93 bits per heavy atom. The van der Waals surface area contributed by atoms with Crippen LogP contribution in [0.3, 0.4) is 0 Å². The van der Waals surface area contributed by atoms with Gasteiger partial charge >= 0.3 is 0 Å². The van der Waals surface area contributed by atoms with E-state index in [0.717, 1.165) is 30.8 Å². The fourth-order valence-corrected chi connectivity index (χ4v) is 4.02. The Morgan fingerprint density at radius 2 is 2.19 bits per heavy atom. The average Bonchev–Trinajstić information content (AvgIpc) is 2.99. The number of hydrogen-bond donors (Lipinski definition) is 1. The van der Waals surface area contributed by atoms with E-state index in [0.29, 0.717) is 22.7 Å². The minimum atomic E-state index is 0.127. The predicted octanol–water partition coefficient (Wildman–Crippen LogP) is 2.54. The van der Waals surface area contributed by atoms with E-state index in [9.17, 15) is 4.79 Å². The molecule has 1 amide bonds. The van der Waals surface area contributed by atoms with Crippen LogP contribution in [-0.4, -0.2) is 44.5 Å². The highest BCUT2D eigenvalue weighted by molar-refractivity contribution is 7.99. The largest absolute Gasteiger partial charge is 0.485 e. The summed E-state index contributed by atoms with van der Waals surface area (Å²) in [7, 11) is 0. The maximum absolute atomic E-state index is 12.4. The van der Waals surface area contributed by atoms with Gasteiger partial charge < -0.3 is 15.5 Å². The summed E-state index contributed by atoms with van der Waals surface area (Å²) in [5, 5.41) is 8.72. The van der Waals surface area contributed by atoms with Crippen LogP contribution in [0.1, 0.15) is 36.7 Å². The molecule has 2 N–H and O–H groups in total. The van der Waals surface area contributed by atoms with Crippen molar-refractivity contribution in [2.75, 3.05) is 24.7 Å². The molecule has 0 saturated carbocycles. The Bertz CT molecular complexity index is 807. The topological polar surface area (TPSA) is 86.3 Å². The van der Waals surface area contributed by atoms with Crippen molar-refractivity contribution in [2.24, 2.45) is 5.92 Å². The number of benzene rings is 1. The molecule has 1 aromatic heterocycles. The first-order valence-corrected chi connectivity index (χ1v) is 10.2. The summed E-state index contributed by atoms with van der Waals surface area (Å²) in [6.45, 7) is 8.14. The molecule has 8 heteroatoms. The van der Waals surface area contributed by atoms with Crippen LogP contribution in [0.4, 0.5) is 0 Å². The monoisotopic (exact) mass is 389 g/mol. The molecule has 1 fully saturated rings. The highest BCUT2D eigenvalue weighted by Crippen LogP contribution is 2.22. The van der Waals surface area contributed by atoms with Gasteiger partial charge in [0.2, 0.25) is 11.1 Å². The second-order valence-corrected chi connectivity index (χ2v) is 8.14. The zero-order valence-corrected chi connectivity index (χ0v) is 17.0. The van der Waals surface area contributed by atoms with Gasteiger partial charge in [0.25, 0.3) is 0 Å². The molecule has 1 atom stereocenters. The molecule has 1 aromatic carbocycles. The number of piperidine rings is 1. The van der Waals surface area contributed by atoms with Crippen LogP contribution in [0, 0.1) is 19.8 Å². The van der Waals surface area contributed by atoms with E-state index in [4.69, 9.17) is 10.6 Å². The van der Waals surface area contributed by atoms with Crippen LogP contribution in [0.5, 0.6) is 5.75 Å². The number of rotatable bonds is 6. The summed E-state index contributed by atoms with van der Waals surface area (Å²) in [6.07, 6.45) is 2.27. The smallest absolute Gasteiger partial charge is 0.233 e. The van der Waals surface area contributed by atoms with E-state index < -0.39 is 0 Å². The summed E-state index contributed by atoms with van der Waals surface area (Å²) in [4.78, 5) is 14.3. The lowest BCUT2D eigenvalue weighted by Crippen LogP contribution is -2.40. The van der Waals surface area contributed by atoms with Gasteiger partial charge in [0, 0.05) is 13.1 Å². The molecule has 0 aliphatic carbocycles. The molecule has 0 unspecified atom stereocenters. The maximum atomic E-state index is 12.4. The summed E-state index contributed by atoms with van der Waals surface area (Å²) in [5.74, 6) is 8.42. The molecule has 2 heterocycles. The summed E-state index contributed by atoms with van der Waals surface area (Å²) in [5.41, 5.74) is 2.25. The van der Waals surface area contributed by atoms with Gasteiger partial charge in [-0.3, -0.25) is 4.79 Å². The number of likely N-dealkylation sites (tertiary alicyclic amines) is 1. The van der Waals surface area contributed by atoms with Gasteiger partial charge in [0.15, 0.2) is 5.82 Å². The van der Waals surface area contributed by atoms with E-state index in [1.54, 1.807) is 0 Å². The van der Waals surface area contributed by atoms with Gasteiger partial charge in [-0.05, 0) is 44.2 Å². The maximum Gasteiger partial charge on any atom is 0.233 e. The van der Waals surface area contributed by atoms with Crippen molar-refractivity contribution in [3.05, 3.63) is 35.2 Å². The van der Waals surface area contributed by atoms with Crippen LogP contribution < -0.4 is 10.6 Å². The first-order valence-electron chi connectivity index (χ1n) is 9.24. The lowest BCUT2D eigenvalue weighted by Gasteiger charge is -2.30. The van der Waals surface area contributed by atoms with Crippen molar-refractivity contribution < 1.29 is 9.53 Å². The van der Waals surface area contributed by atoms with Crippen LogP contribution >= 0.6 is 11.8 Å². The predicted molar refractivity (Wildman–Crippen MR) is 106 cm³/mol. The number of carbonyl (C=O) groups is 1. The van der Waals surface area contributed by atoms with Gasteiger partial charge in [0.05, 0.1) is 5.75 Å². The fourth-order valence-electron chi connectivity index (χ4n) is 3.24. The van der Waals surface area contributed by atoms with Crippen molar-refractivity contribution in [1.29, 1.82) is 0 Å². The average molecular weight is 390 g/mol. The first-order chi connectivity index (χ1) is 12.9. The Kier molecular flexibility index (Phi) is 6.26. The second kappa shape index (κ2) is 8.65. The van der Waals surface area contributed by atoms with Crippen molar-refractivity contribution in [2.45, 2.75) is 45.4 Å². The minimum absolute atomic E-state index is 0.127. The van der Waals surface area contributed by atoms with Crippen molar-refractivity contribution in [3.8, 4) is 5.75 Å². The van der Waals surface area contributed by atoms with Gasteiger partial charge in [-0.15, -0.1) is 10.2 Å². The molecule has 3 rings (SSSR count). The van der Waals surface area contributed by atoms with Crippen molar-refractivity contribution >= 4 is 17.7 Å². The number of amides is 1. The Balaban J connectivity index is 1.54. The molecule has 0 radical (unpaired) electrons. The Labute approximate surface area is 164 Å². The molecule has 0 spiro atoms.